The van der Waals surface area contributed by atoms with E-state index >= 15 is 0 Å². The van der Waals surface area contributed by atoms with Gasteiger partial charge in [0.15, 0.2) is 0 Å². The number of hydrogen-bond acceptors (Lipinski definition) is 4. The molecule has 4 nitrogen and oxygen atoms in total. The van der Waals surface area contributed by atoms with E-state index in [0.717, 1.165) is 0 Å². The van der Waals surface area contributed by atoms with Crippen LogP contribution in [0.3, 0.4) is 0 Å². The van der Waals surface area contributed by atoms with E-state index in [0.29, 0.717) is 0 Å². The smallest absolute Gasteiger partial charge is 0.326 e. The van der Waals surface area contributed by atoms with E-state index in [9.17, 15) is 9.90 Å². The Morgan fingerprint density at radius 3 is 2.42 bits per heavy atom. The number of hydrogen-bond donors (Lipinski definition) is 2. The minimum Gasteiger partial charge on any atom is -0.468 e. The summed E-state index contributed by atoms with van der Waals surface area (Å²) in [5.74, 6) is -0.446. The third-order valence-corrected chi connectivity index (χ3v) is 3.05. The maximum atomic E-state index is 11.2. The fourth-order valence-electron chi connectivity index (χ4n) is 1.52. The topological polar surface area (TPSA) is 72.5 Å². The number of ether oxygens (including phenoxy) is 1. The molecule has 0 aromatic heterocycles. The van der Waals surface area contributed by atoms with Crippen LogP contribution in [-0.4, -0.2) is 29.8 Å². The van der Waals surface area contributed by atoms with Crippen molar-refractivity contribution in [2.75, 3.05) is 7.11 Å². The van der Waals surface area contributed by atoms with Gasteiger partial charge in [0.05, 0.1) is 13.2 Å². The molecule has 0 heterocycles. The van der Waals surface area contributed by atoms with E-state index in [1.54, 1.807) is 13.8 Å². The average molecular weight is 173 g/mol. The standard InChI is InChI=1S/C8H15NO3/c1-7(2)5(10)4-8(7,9)6(11)12-3/h5,10H,4,9H2,1-3H3. The monoisotopic (exact) mass is 173 g/mol. The van der Waals surface area contributed by atoms with Crippen LogP contribution in [0.2, 0.25) is 0 Å². The molecule has 3 N–H and O–H groups in total. The van der Waals surface area contributed by atoms with Crippen molar-refractivity contribution in [1.29, 1.82) is 0 Å². The molecule has 2 unspecified atom stereocenters. The van der Waals surface area contributed by atoms with E-state index in [2.05, 4.69) is 4.74 Å². The van der Waals surface area contributed by atoms with E-state index in [1.807, 2.05) is 0 Å². The Balaban J connectivity index is 2.83. The maximum Gasteiger partial charge on any atom is 0.326 e. The highest BCUT2D eigenvalue weighted by Crippen LogP contribution is 2.48. The first-order valence-corrected chi connectivity index (χ1v) is 3.91. The Morgan fingerprint density at radius 2 is 2.17 bits per heavy atom. The predicted octanol–water partition coefficient (Wildman–Crippen LogP) is -0.352. The molecule has 1 aliphatic carbocycles. The summed E-state index contributed by atoms with van der Waals surface area (Å²) in [6, 6.07) is 0. The third-order valence-electron chi connectivity index (χ3n) is 3.05. The van der Waals surface area contributed by atoms with Crippen molar-refractivity contribution in [3.8, 4) is 0 Å². The zero-order valence-electron chi connectivity index (χ0n) is 7.63. The molecule has 1 aliphatic rings. The van der Waals surface area contributed by atoms with E-state index < -0.39 is 23.0 Å². The second kappa shape index (κ2) is 2.44. The Labute approximate surface area is 71.7 Å². The fourth-order valence-corrected chi connectivity index (χ4v) is 1.52. The largest absolute Gasteiger partial charge is 0.468 e. The van der Waals surface area contributed by atoms with Crippen molar-refractivity contribution in [3.05, 3.63) is 0 Å². The SMILES string of the molecule is COC(=O)C1(N)CC(O)C1(C)C. The first-order chi connectivity index (χ1) is 5.36. The van der Waals surface area contributed by atoms with Crippen LogP contribution < -0.4 is 5.73 Å². The van der Waals surface area contributed by atoms with Crippen molar-refractivity contribution in [3.63, 3.8) is 0 Å². The number of aliphatic hydroxyl groups excluding tert-OH is 1. The van der Waals surface area contributed by atoms with Crippen molar-refractivity contribution in [2.45, 2.75) is 31.9 Å². The van der Waals surface area contributed by atoms with Crippen LogP contribution in [0, 0.1) is 5.41 Å². The van der Waals surface area contributed by atoms with Gasteiger partial charge < -0.3 is 15.6 Å². The summed E-state index contributed by atoms with van der Waals surface area (Å²) in [4.78, 5) is 11.2. The number of carbonyl (C=O) groups excluding carboxylic acids is 1. The lowest BCUT2D eigenvalue weighted by atomic mass is 9.55. The molecule has 0 aromatic rings. The lowest BCUT2D eigenvalue weighted by molar-refractivity contribution is -0.178. The van der Waals surface area contributed by atoms with Crippen LogP contribution in [0.4, 0.5) is 0 Å². The molecule has 0 radical (unpaired) electrons. The van der Waals surface area contributed by atoms with Gasteiger partial charge in [-0.25, -0.2) is 0 Å². The number of nitrogens with two attached hydrogens (primary N) is 1. The van der Waals surface area contributed by atoms with E-state index in [1.165, 1.54) is 7.11 Å². The van der Waals surface area contributed by atoms with Crippen LogP contribution in [0.25, 0.3) is 0 Å². The molecule has 0 saturated heterocycles. The van der Waals surface area contributed by atoms with Crippen molar-refractivity contribution < 1.29 is 14.6 Å². The zero-order valence-corrected chi connectivity index (χ0v) is 7.63. The highest BCUT2D eigenvalue weighted by atomic mass is 16.5. The molecule has 12 heavy (non-hydrogen) atoms. The molecule has 4 heteroatoms. The molecule has 70 valence electrons. The molecular weight excluding hydrogens is 158 g/mol. The summed E-state index contributed by atoms with van der Waals surface area (Å²) in [7, 11) is 1.30. The summed E-state index contributed by atoms with van der Waals surface area (Å²) in [6.45, 7) is 3.52. The van der Waals surface area contributed by atoms with Crippen LogP contribution in [0.1, 0.15) is 20.3 Å². The summed E-state index contributed by atoms with van der Waals surface area (Å²) in [5.41, 5.74) is 4.19. The Hall–Kier alpha value is -0.610. The predicted molar refractivity (Wildman–Crippen MR) is 43.3 cm³/mol. The van der Waals surface area contributed by atoms with Crippen LogP contribution in [-0.2, 0) is 9.53 Å². The van der Waals surface area contributed by atoms with Gasteiger partial charge in [-0.2, -0.15) is 0 Å². The molecule has 0 bridgehead atoms. The molecule has 1 saturated carbocycles. The van der Waals surface area contributed by atoms with Crippen molar-refractivity contribution >= 4 is 5.97 Å². The molecule has 1 fully saturated rings. The highest BCUT2D eigenvalue weighted by molar-refractivity contribution is 5.83. The first kappa shape index (κ1) is 9.48. The van der Waals surface area contributed by atoms with Gasteiger partial charge in [0.25, 0.3) is 0 Å². The minimum absolute atomic E-state index is 0.284. The van der Waals surface area contributed by atoms with Gasteiger partial charge in [-0.15, -0.1) is 0 Å². The summed E-state index contributed by atoms with van der Waals surface area (Å²) in [6.07, 6.45) is -0.228. The first-order valence-electron chi connectivity index (χ1n) is 3.91. The van der Waals surface area contributed by atoms with Crippen LogP contribution in [0.15, 0.2) is 0 Å². The number of aliphatic hydroxyl groups is 1. The van der Waals surface area contributed by atoms with Gasteiger partial charge in [0.2, 0.25) is 0 Å². The normalized spacial score (nSPS) is 38.6. The summed E-state index contributed by atoms with van der Waals surface area (Å²) >= 11 is 0. The number of carbonyl (C=O) groups is 1. The molecule has 1 rings (SSSR count). The van der Waals surface area contributed by atoms with E-state index in [4.69, 9.17) is 5.73 Å². The molecule has 0 aliphatic heterocycles. The fraction of sp³-hybridized carbons (Fsp3) is 0.875. The lowest BCUT2D eigenvalue weighted by Crippen LogP contribution is -2.73. The Morgan fingerprint density at radius 1 is 1.67 bits per heavy atom. The molecule has 2 atom stereocenters. The molecule has 0 aromatic carbocycles. The third kappa shape index (κ3) is 0.881. The quantitative estimate of drug-likeness (QED) is 0.531. The molecular formula is C8H15NO3. The van der Waals surface area contributed by atoms with Crippen LogP contribution in [0.5, 0.6) is 0 Å². The summed E-state index contributed by atoms with van der Waals surface area (Å²) < 4.78 is 4.57. The maximum absolute atomic E-state index is 11.2. The molecule has 0 amide bonds. The highest BCUT2D eigenvalue weighted by Gasteiger charge is 2.62. The zero-order chi connectivity index (χ0) is 9.57. The van der Waals surface area contributed by atoms with Gasteiger partial charge in [0, 0.05) is 11.8 Å². The second-order valence-corrected chi connectivity index (χ2v) is 3.90. The number of methoxy groups -OCH3 is 1. The van der Waals surface area contributed by atoms with Gasteiger partial charge in [-0.1, -0.05) is 13.8 Å². The molecule has 0 spiro atoms. The summed E-state index contributed by atoms with van der Waals surface area (Å²) in [5, 5.41) is 9.37. The minimum atomic E-state index is -1.01. The van der Waals surface area contributed by atoms with E-state index in [-0.39, 0.29) is 6.42 Å². The number of rotatable bonds is 1. The van der Waals surface area contributed by atoms with Gasteiger partial charge >= 0.3 is 5.97 Å². The average Bonchev–Trinajstić information content (AvgIpc) is 2.03. The van der Waals surface area contributed by atoms with Gasteiger partial charge in [0.1, 0.15) is 5.54 Å². The second-order valence-electron chi connectivity index (χ2n) is 3.90. The number of esters is 1. The lowest BCUT2D eigenvalue weighted by Gasteiger charge is -2.54. The Bertz CT molecular complexity index is 214. The van der Waals surface area contributed by atoms with Crippen LogP contribution >= 0.6 is 0 Å². The van der Waals surface area contributed by atoms with Crippen molar-refractivity contribution in [2.24, 2.45) is 11.1 Å². The Kier molecular flexibility index (Phi) is 1.92. The van der Waals surface area contributed by atoms with Crippen molar-refractivity contribution in [1.82, 2.24) is 0 Å². The van der Waals surface area contributed by atoms with Gasteiger partial charge in [-0.3, -0.25) is 4.79 Å². The van der Waals surface area contributed by atoms with Gasteiger partial charge in [-0.05, 0) is 0 Å².